The predicted molar refractivity (Wildman–Crippen MR) is 101 cm³/mol. The van der Waals surface area contributed by atoms with E-state index in [-0.39, 0.29) is 0 Å². The molecule has 23 heavy (non-hydrogen) atoms. The maximum Gasteiger partial charge on any atom is 0.0245 e. The lowest BCUT2D eigenvalue weighted by atomic mass is 10.1. The van der Waals surface area contributed by atoms with E-state index in [4.69, 9.17) is 0 Å². The fourth-order valence-electron chi connectivity index (χ4n) is 1.61. The molecule has 0 atom stereocenters. The van der Waals surface area contributed by atoms with E-state index in [9.17, 15) is 0 Å². The summed E-state index contributed by atoms with van der Waals surface area (Å²) in [5, 5.41) is 0. The van der Waals surface area contributed by atoms with Crippen molar-refractivity contribution in [1.29, 1.82) is 0 Å². The van der Waals surface area contributed by atoms with Crippen molar-refractivity contribution in [1.82, 2.24) is 0 Å². The van der Waals surface area contributed by atoms with E-state index in [1.54, 1.807) is 0 Å². The van der Waals surface area contributed by atoms with Gasteiger partial charge >= 0.3 is 0 Å². The van der Waals surface area contributed by atoms with Crippen LogP contribution in [-0.4, -0.2) is 0 Å². The minimum Gasteiger partial charge on any atom is -0.0951 e. The van der Waals surface area contributed by atoms with Crippen LogP contribution in [0.5, 0.6) is 0 Å². The quantitative estimate of drug-likeness (QED) is 0.548. The van der Waals surface area contributed by atoms with E-state index in [1.807, 2.05) is 30.3 Å². The normalized spacial score (nSPS) is 9.17. The van der Waals surface area contributed by atoms with Gasteiger partial charge in [0.25, 0.3) is 0 Å². The summed E-state index contributed by atoms with van der Waals surface area (Å²) in [5.41, 5.74) is 3.49. The van der Waals surface area contributed by atoms with Crippen LogP contribution in [-0.2, 0) is 0 Å². The summed E-state index contributed by atoms with van der Waals surface area (Å²) in [5.74, 6) is 13.4. The summed E-state index contributed by atoms with van der Waals surface area (Å²) >= 11 is 0. The molecule has 2 rings (SSSR count). The number of rotatable bonds is 0. The zero-order valence-electron chi connectivity index (χ0n) is 14.9. The monoisotopic (exact) mass is 302 g/mol. The van der Waals surface area contributed by atoms with Gasteiger partial charge < -0.3 is 0 Å². The third-order valence-corrected chi connectivity index (χ3v) is 2.84. The maximum atomic E-state index is 3.13. The summed E-state index contributed by atoms with van der Waals surface area (Å²) in [6, 6.07) is 18.4. The first kappa shape index (κ1) is 18.6. The van der Waals surface area contributed by atoms with Crippen LogP contribution in [0.15, 0.2) is 54.6 Å². The zero-order valence-corrected chi connectivity index (χ0v) is 14.9. The molecule has 0 aliphatic rings. The second-order valence-electron chi connectivity index (χ2n) is 6.08. The Morgan fingerprint density at radius 2 is 1.04 bits per heavy atom. The smallest absolute Gasteiger partial charge is 0.0245 e. The third-order valence-electron chi connectivity index (χ3n) is 2.84. The Morgan fingerprint density at radius 1 is 0.609 bits per heavy atom. The Hall–Kier alpha value is -2.44. The first-order chi connectivity index (χ1) is 11.0. The Labute approximate surface area is 142 Å². The molecule has 0 saturated carbocycles. The summed E-state index contributed by atoms with van der Waals surface area (Å²) in [6.07, 6.45) is 0. The molecule has 0 nitrogen and oxygen atoms in total. The lowest BCUT2D eigenvalue weighted by Gasteiger charge is -1.92. The molecule has 0 heterocycles. The van der Waals surface area contributed by atoms with Gasteiger partial charge in [0, 0.05) is 23.0 Å². The van der Waals surface area contributed by atoms with Crippen molar-refractivity contribution < 1.29 is 0 Å². The largest absolute Gasteiger partial charge is 0.0951 e. The minimum absolute atomic E-state index is 0.450. The molecule has 0 aliphatic heterocycles. The minimum atomic E-state index is 0.450. The van der Waals surface area contributed by atoms with E-state index in [2.05, 4.69) is 82.6 Å². The standard InChI is InChI=1S/C12H14.C11H12/c1-10(2)4-7-12-8-5-11(3)6-9-12;1-10(2)8-9-11-6-4-3-5-7-11/h5-6,8-10H,1-3H3;3-7,10H,1-2H3. The second kappa shape index (κ2) is 10.3. The maximum absolute atomic E-state index is 3.13. The van der Waals surface area contributed by atoms with Crippen LogP contribution in [0.1, 0.15) is 44.4 Å². The Kier molecular flexibility index (Phi) is 8.34. The van der Waals surface area contributed by atoms with Crippen LogP contribution >= 0.6 is 0 Å². The molecule has 0 aromatic heterocycles. The lowest BCUT2D eigenvalue weighted by molar-refractivity contribution is 0.866. The first-order valence-corrected chi connectivity index (χ1v) is 8.12. The highest BCUT2D eigenvalue weighted by atomic mass is 13.9. The molecule has 0 N–H and O–H groups in total. The molecular formula is C23H26. The van der Waals surface area contributed by atoms with Gasteiger partial charge in [-0.1, -0.05) is 87.3 Å². The van der Waals surface area contributed by atoms with Crippen LogP contribution in [0.4, 0.5) is 0 Å². The molecule has 118 valence electrons. The van der Waals surface area contributed by atoms with E-state index in [1.165, 1.54) is 5.56 Å². The van der Waals surface area contributed by atoms with Crippen molar-refractivity contribution in [3.63, 3.8) is 0 Å². The fraction of sp³-hybridized carbons (Fsp3) is 0.304. The van der Waals surface area contributed by atoms with Gasteiger partial charge in [0.1, 0.15) is 0 Å². The van der Waals surface area contributed by atoms with Crippen molar-refractivity contribution in [2.45, 2.75) is 34.6 Å². The van der Waals surface area contributed by atoms with Gasteiger partial charge in [-0.25, -0.2) is 0 Å². The average molecular weight is 302 g/mol. The Balaban J connectivity index is 0.000000231. The zero-order chi connectivity index (χ0) is 17.1. The lowest BCUT2D eigenvalue weighted by Crippen LogP contribution is -1.79. The topological polar surface area (TPSA) is 0 Å². The van der Waals surface area contributed by atoms with E-state index < -0.39 is 0 Å². The van der Waals surface area contributed by atoms with Gasteiger partial charge in [-0.15, -0.1) is 0 Å². The van der Waals surface area contributed by atoms with E-state index >= 15 is 0 Å². The van der Waals surface area contributed by atoms with Crippen LogP contribution in [0.3, 0.4) is 0 Å². The van der Waals surface area contributed by atoms with E-state index in [0.29, 0.717) is 11.8 Å². The van der Waals surface area contributed by atoms with Crippen molar-refractivity contribution in [2.75, 3.05) is 0 Å². The first-order valence-electron chi connectivity index (χ1n) is 8.12. The molecule has 2 aromatic rings. The fourth-order valence-corrected chi connectivity index (χ4v) is 1.61. The van der Waals surface area contributed by atoms with Crippen LogP contribution < -0.4 is 0 Å². The van der Waals surface area contributed by atoms with Crippen molar-refractivity contribution in [3.8, 4) is 23.7 Å². The summed E-state index contributed by atoms with van der Waals surface area (Å²) in [4.78, 5) is 0. The van der Waals surface area contributed by atoms with Crippen molar-refractivity contribution in [2.24, 2.45) is 11.8 Å². The highest BCUT2D eigenvalue weighted by molar-refractivity contribution is 5.36. The molecule has 0 saturated heterocycles. The molecule has 0 bridgehead atoms. The number of hydrogen-bond acceptors (Lipinski definition) is 0. The van der Waals surface area contributed by atoms with Gasteiger partial charge in [0.15, 0.2) is 0 Å². The summed E-state index contributed by atoms with van der Waals surface area (Å²) in [6.45, 7) is 10.5. The molecule has 0 amide bonds. The van der Waals surface area contributed by atoms with Gasteiger partial charge in [-0.3, -0.25) is 0 Å². The van der Waals surface area contributed by atoms with Crippen molar-refractivity contribution in [3.05, 3.63) is 71.3 Å². The molecule has 0 radical (unpaired) electrons. The Morgan fingerprint density at radius 3 is 1.48 bits per heavy atom. The highest BCUT2D eigenvalue weighted by Crippen LogP contribution is 2.01. The summed E-state index contributed by atoms with van der Waals surface area (Å²) < 4.78 is 0. The summed E-state index contributed by atoms with van der Waals surface area (Å²) in [7, 11) is 0. The highest BCUT2D eigenvalue weighted by Gasteiger charge is 1.86. The molecule has 0 spiro atoms. The number of benzene rings is 2. The average Bonchev–Trinajstić information content (AvgIpc) is 2.54. The van der Waals surface area contributed by atoms with Gasteiger partial charge in [-0.05, 0) is 31.2 Å². The van der Waals surface area contributed by atoms with Gasteiger partial charge in [-0.2, -0.15) is 0 Å². The second-order valence-corrected chi connectivity index (χ2v) is 6.08. The number of hydrogen-bond donors (Lipinski definition) is 0. The molecular weight excluding hydrogens is 276 g/mol. The number of aryl methyl sites for hydroxylation is 1. The third kappa shape index (κ3) is 9.23. The van der Waals surface area contributed by atoms with Crippen LogP contribution in [0.25, 0.3) is 0 Å². The molecule has 0 aliphatic carbocycles. The van der Waals surface area contributed by atoms with Gasteiger partial charge in [0.05, 0.1) is 0 Å². The van der Waals surface area contributed by atoms with Gasteiger partial charge in [0.2, 0.25) is 0 Å². The molecule has 0 heteroatoms. The SMILES string of the molecule is CC(C)C#Cc1ccccc1.Cc1ccc(C#CC(C)C)cc1. The van der Waals surface area contributed by atoms with Crippen LogP contribution in [0, 0.1) is 42.4 Å². The van der Waals surface area contributed by atoms with E-state index in [0.717, 1.165) is 11.1 Å². The van der Waals surface area contributed by atoms with Crippen molar-refractivity contribution >= 4 is 0 Å². The Bertz CT molecular complexity index is 681. The molecule has 0 fully saturated rings. The predicted octanol–water partition coefficient (Wildman–Crippen LogP) is 5.70. The molecule has 0 unspecified atom stereocenters. The molecule has 2 aromatic carbocycles. The van der Waals surface area contributed by atoms with Crippen LogP contribution in [0.2, 0.25) is 0 Å².